The summed E-state index contributed by atoms with van der Waals surface area (Å²) < 4.78 is 6.07. The van der Waals surface area contributed by atoms with Crippen LogP contribution in [0.5, 0.6) is 0 Å². The van der Waals surface area contributed by atoms with Crippen LogP contribution in [0.4, 0.5) is 0 Å². The van der Waals surface area contributed by atoms with Crippen molar-refractivity contribution in [3.8, 4) is 0 Å². The zero-order valence-corrected chi connectivity index (χ0v) is 12.6. The smallest absolute Gasteiger partial charge is 0.0773 e. The fraction of sp³-hybridized carbons (Fsp3) is 0.647. The molecule has 0 radical (unpaired) electrons. The molecule has 0 heterocycles. The van der Waals surface area contributed by atoms with Crippen LogP contribution in [0.3, 0.4) is 0 Å². The van der Waals surface area contributed by atoms with Gasteiger partial charge in [0.05, 0.1) is 12.1 Å². The Morgan fingerprint density at radius 3 is 2.47 bits per heavy atom. The maximum Gasteiger partial charge on any atom is 0.0773 e. The van der Waals surface area contributed by atoms with Crippen LogP contribution in [-0.4, -0.2) is 12.7 Å². The normalized spacial score (nSPS) is 27.1. The molecule has 1 aliphatic carbocycles. The van der Waals surface area contributed by atoms with Crippen molar-refractivity contribution in [2.24, 2.45) is 11.1 Å². The van der Waals surface area contributed by atoms with Crippen molar-refractivity contribution in [3.63, 3.8) is 0 Å². The van der Waals surface area contributed by atoms with E-state index >= 15 is 0 Å². The second kappa shape index (κ2) is 5.64. The number of rotatable bonds is 3. The largest absolute Gasteiger partial charge is 0.376 e. The summed E-state index contributed by atoms with van der Waals surface area (Å²) >= 11 is 0. The van der Waals surface area contributed by atoms with Gasteiger partial charge in [0.25, 0.3) is 0 Å². The lowest BCUT2D eigenvalue weighted by atomic mass is 9.79. The van der Waals surface area contributed by atoms with Crippen LogP contribution in [-0.2, 0) is 4.74 Å². The van der Waals surface area contributed by atoms with Crippen molar-refractivity contribution < 1.29 is 4.74 Å². The van der Waals surface area contributed by atoms with Crippen LogP contribution in [0.25, 0.3) is 0 Å². The lowest BCUT2D eigenvalue weighted by Gasteiger charge is -2.35. The second-order valence-corrected chi connectivity index (χ2v) is 7.01. The summed E-state index contributed by atoms with van der Waals surface area (Å²) in [6, 6.07) is 8.54. The van der Waals surface area contributed by atoms with E-state index in [1.807, 2.05) is 0 Å². The van der Waals surface area contributed by atoms with Gasteiger partial charge >= 0.3 is 0 Å². The van der Waals surface area contributed by atoms with Crippen molar-refractivity contribution in [1.82, 2.24) is 0 Å². The molecule has 0 fully saturated rings. The third kappa shape index (κ3) is 3.58. The Morgan fingerprint density at radius 1 is 1.21 bits per heavy atom. The zero-order chi connectivity index (χ0) is 14.0. The Kier molecular flexibility index (Phi) is 4.32. The SMILES string of the molecule is CC1CC(OCCC(C)(C)C)C(N)c2ccccc21. The standard InChI is InChI=1S/C17H27NO/c1-12-11-15(19-10-9-17(2,3)4)16(18)14-8-6-5-7-13(12)14/h5-8,12,15-16H,9-11,18H2,1-4H3. The molecule has 0 bridgehead atoms. The first-order valence-electron chi connectivity index (χ1n) is 7.34. The highest BCUT2D eigenvalue weighted by Gasteiger charge is 2.31. The van der Waals surface area contributed by atoms with Crippen LogP contribution < -0.4 is 5.73 Å². The lowest BCUT2D eigenvalue weighted by molar-refractivity contribution is 0.00835. The van der Waals surface area contributed by atoms with Crippen molar-refractivity contribution in [1.29, 1.82) is 0 Å². The van der Waals surface area contributed by atoms with Gasteiger partial charge in [0, 0.05) is 6.61 Å². The molecule has 0 aliphatic heterocycles. The van der Waals surface area contributed by atoms with Gasteiger partial charge in [0.1, 0.15) is 0 Å². The summed E-state index contributed by atoms with van der Waals surface area (Å²) in [5.41, 5.74) is 9.36. The van der Waals surface area contributed by atoms with Gasteiger partial charge < -0.3 is 10.5 Å². The summed E-state index contributed by atoms with van der Waals surface area (Å²) in [6.07, 6.45) is 2.27. The molecular formula is C17H27NO. The van der Waals surface area contributed by atoms with Crippen LogP contribution in [0, 0.1) is 5.41 Å². The molecule has 2 N–H and O–H groups in total. The second-order valence-electron chi connectivity index (χ2n) is 7.01. The van der Waals surface area contributed by atoms with E-state index < -0.39 is 0 Å². The fourth-order valence-corrected chi connectivity index (χ4v) is 2.77. The molecule has 0 saturated carbocycles. The monoisotopic (exact) mass is 261 g/mol. The van der Waals surface area contributed by atoms with Crippen molar-refractivity contribution in [3.05, 3.63) is 35.4 Å². The van der Waals surface area contributed by atoms with E-state index in [1.54, 1.807) is 0 Å². The Labute approximate surface area is 117 Å². The minimum atomic E-state index is 0.0207. The van der Waals surface area contributed by atoms with E-state index in [2.05, 4.69) is 52.0 Å². The summed E-state index contributed by atoms with van der Waals surface area (Å²) in [6.45, 7) is 9.81. The number of benzene rings is 1. The van der Waals surface area contributed by atoms with Gasteiger partial charge in [0.15, 0.2) is 0 Å². The minimum Gasteiger partial charge on any atom is -0.376 e. The first-order valence-corrected chi connectivity index (χ1v) is 7.34. The van der Waals surface area contributed by atoms with Gasteiger partial charge in [-0.25, -0.2) is 0 Å². The number of ether oxygens (including phenoxy) is 1. The Hall–Kier alpha value is -0.860. The highest BCUT2D eigenvalue weighted by Crippen LogP contribution is 2.37. The summed E-state index contributed by atoms with van der Waals surface area (Å²) in [4.78, 5) is 0. The van der Waals surface area contributed by atoms with Gasteiger partial charge in [0.2, 0.25) is 0 Å². The molecule has 19 heavy (non-hydrogen) atoms. The maximum absolute atomic E-state index is 6.38. The molecule has 2 rings (SSSR count). The summed E-state index contributed by atoms with van der Waals surface area (Å²) in [5.74, 6) is 0.538. The van der Waals surface area contributed by atoms with Crippen molar-refractivity contribution in [2.45, 2.75) is 58.6 Å². The molecular weight excluding hydrogens is 234 g/mol. The third-order valence-electron chi connectivity index (χ3n) is 4.06. The predicted octanol–water partition coefficient (Wildman–Crippen LogP) is 4.02. The molecule has 0 aromatic heterocycles. The Balaban J connectivity index is 2.02. The molecule has 2 heteroatoms. The number of hydrogen-bond acceptors (Lipinski definition) is 2. The molecule has 0 spiro atoms. The van der Waals surface area contributed by atoms with Crippen LogP contribution in [0.1, 0.15) is 63.6 Å². The van der Waals surface area contributed by atoms with E-state index in [9.17, 15) is 0 Å². The molecule has 0 amide bonds. The van der Waals surface area contributed by atoms with Crippen molar-refractivity contribution in [2.75, 3.05) is 6.61 Å². The number of nitrogens with two attached hydrogens (primary N) is 1. The first kappa shape index (κ1) is 14.5. The lowest BCUT2D eigenvalue weighted by Crippen LogP contribution is -2.35. The van der Waals surface area contributed by atoms with Gasteiger partial charge in [-0.1, -0.05) is 52.0 Å². The van der Waals surface area contributed by atoms with Crippen LogP contribution in [0.15, 0.2) is 24.3 Å². The Morgan fingerprint density at radius 2 is 1.84 bits per heavy atom. The highest BCUT2D eigenvalue weighted by molar-refractivity contribution is 5.35. The minimum absolute atomic E-state index is 0.0207. The molecule has 1 aromatic rings. The number of fused-ring (bicyclic) bond motifs is 1. The molecule has 3 unspecified atom stereocenters. The third-order valence-corrected chi connectivity index (χ3v) is 4.06. The van der Waals surface area contributed by atoms with Gasteiger partial charge in [-0.2, -0.15) is 0 Å². The van der Waals surface area contributed by atoms with Gasteiger partial charge in [-0.15, -0.1) is 0 Å². The predicted molar refractivity (Wildman–Crippen MR) is 80.2 cm³/mol. The molecule has 1 aliphatic rings. The van der Waals surface area contributed by atoms with E-state index in [-0.39, 0.29) is 12.1 Å². The summed E-state index contributed by atoms with van der Waals surface area (Å²) in [5, 5.41) is 0. The highest BCUT2D eigenvalue weighted by atomic mass is 16.5. The van der Waals surface area contributed by atoms with E-state index in [1.165, 1.54) is 11.1 Å². The van der Waals surface area contributed by atoms with Crippen LogP contribution in [0.2, 0.25) is 0 Å². The number of hydrogen-bond donors (Lipinski definition) is 1. The van der Waals surface area contributed by atoms with Gasteiger partial charge in [-0.05, 0) is 35.3 Å². The molecule has 106 valence electrons. The van der Waals surface area contributed by atoms with E-state index in [0.717, 1.165) is 19.4 Å². The summed E-state index contributed by atoms with van der Waals surface area (Å²) in [7, 11) is 0. The average molecular weight is 261 g/mol. The quantitative estimate of drug-likeness (QED) is 0.892. The molecule has 2 nitrogen and oxygen atoms in total. The molecule has 1 aromatic carbocycles. The van der Waals surface area contributed by atoms with Crippen LogP contribution >= 0.6 is 0 Å². The Bertz CT molecular complexity index is 422. The van der Waals surface area contributed by atoms with E-state index in [4.69, 9.17) is 10.5 Å². The maximum atomic E-state index is 6.38. The zero-order valence-electron chi connectivity index (χ0n) is 12.6. The van der Waals surface area contributed by atoms with Gasteiger partial charge in [-0.3, -0.25) is 0 Å². The topological polar surface area (TPSA) is 35.2 Å². The molecule has 0 saturated heterocycles. The fourth-order valence-electron chi connectivity index (χ4n) is 2.77. The first-order chi connectivity index (χ1) is 8.88. The van der Waals surface area contributed by atoms with Crippen molar-refractivity contribution >= 4 is 0 Å². The molecule has 3 atom stereocenters. The van der Waals surface area contributed by atoms with E-state index in [0.29, 0.717) is 11.3 Å². The average Bonchev–Trinajstić information content (AvgIpc) is 2.34.